The van der Waals surface area contributed by atoms with Crippen LogP contribution in [-0.2, 0) is 0 Å². The Labute approximate surface area is 277 Å². The van der Waals surface area contributed by atoms with E-state index in [1.807, 2.05) is 0 Å². The summed E-state index contributed by atoms with van der Waals surface area (Å²) in [7, 11) is -3.52. The zero-order valence-electron chi connectivity index (χ0n) is 28.6. The van der Waals surface area contributed by atoms with E-state index >= 15 is 0 Å². The van der Waals surface area contributed by atoms with Crippen LogP contribution in [0.1, 0.15) is 70.6 Å². The minimum absolute atomic E-state index is 0.522. The highest BCUT2D eigenvalue weighted by Gasteiger charge is 2.44. The van der Waals surface area contributed by atoms with Crippen LogP contribution < -0.4 is 21.0 Å². The molecule has 6 rings (SSSR count). The molecule has 0 aromatic heterocycles. The fourth-order valence-electron chi connectivity index (χ4n) is 9.43. The maximum Gasteiger partial charge on any atom is 0.162 e. The molecule has 0 amide bonds. The van der Waals surface area contributed by atoms with Gasteiger partial charge in [-0.25, -0.2) is 0 Å². The van der Waals surface area contributed by atoms with E-state index in [4.69, 9.17) is 0 Å². The van der Waals surface area contributed by atoms with Crippen molar-refractivity contribution in [2.75, 3.05) is 13.1 Å². The van der Waals surface area contributed by atoms with Crippen molar-refractivity contribution in [3.63, 3.8) is 0 Å². The van der Waals surface area contributed by atoms with Crippen LogP contribution in [0, 0.1) is 58.4 Å². The van der Waals surface area contributed by atoms with Crippen molar-refractivity contribution in [1.29, 1.82) is 0 Å². The van der Waals surface area contributed by atoms with Crippen molar-refractivity contribution >= 4 is 26.5 Å². The molecule has 0 saturated heterocycles. The van der Waals surface area contributed by atoms with Gasteiger partial charge >= 0.3 is 0 Å². The summed E-state index contributed by atoms with van der Waals surface area (Å²) in [6.45, 7) is 11.9. The lowest BCUT2D eigenvalue weighted by atomic mass is 9.78. The van der Waals surface area contributed by atoms with Crippen molar-refractivity contribution in [1.82, 2.24) is 10.6 Å². The van der Waals surface area contributed by atoms with Crippen molar-refractivity contribution in [2.45, 2.75) is 109 Å². The first kappa shape index (κ1) is 32.8. The third kappa shape index (κ3) is 7.90. The minimum atomic E-state index is -1.76. The van der Waals surface area contributed by atoms with Gasteiger partial charge in [0.25, 0.3) is 0 Å². The SMILES string of the molecule is C[Si](C)(C#C[C@H]1[C@@H]2CCCC[C@H]2C[C@H]1NCCCN[C@@H]1C[C@@H]2CCCC[C@H]2[C@@H]1C#C[Si](C)(C)c1ccccc1)c1ccccc1. The van der Waals surface area contributed by atoms with Crippen molar-refractivity contribution in [3.8, 4) is 22.9 Å². The predicted octanol–water partition coefficient (Wildman–Crippen LogP) is 7.26. The van der Waals surface area contributed by atoms with Crippen LogP contribution >= 0.6 is 0 Å². The molecule has 0 aliphatic heterocycles. The summed E-state index contributed by atoms with van der Waals surface area (Å²) < 4.78 is 0. The number of rotatable bonds is 8. The van der Waals surface area contributed by atoms with Gasteiger partial charge in [0.1, 0.15) is 0 Å². The first-order valence-electron chi connectivity index (χ1n) is 18.4. The molecular formula is C41H58N2Si2. The summed E-state index contributed by atoms with van der Waals surface area (Å²) in [6, 6.07) is 23.3. The van der Waals surface area contributed by atoms with Crippen LogP contribution in [0.3, 0.4) is 0 Å². The van der Waals surface area contributed by atoms with Gasteiger partial charge in [0.15, 0.2) is 16.1 Å². The Morgan fingerprint density at radius 1 is 0.578 bits per heavy atom. The molecule has 0 heterocycles. The Morgan fingerprint density at radius 3 is 1.40 bits per heavy atom. The number of hydrogen-bond donors (Lipinski definition) is 2. The van der Waals surface area contributed by atoms with Crippen LogP contribution in [0.4, 0.5) is 0 Å². The largest absolute Gasteiger partial charge is 0.313 e. The van der Waals surface area contributed by atoms with Gasteiger partial charge in [0, 0.05) is 23.9 Å². The second kappa shape index (κ2) is 14.8. The van der Waals surface area contributed by atoms with E-state index in [0.717, 1.165) is 36.8 Å². The topological polar surface area (TPSA) is 24.1 Å². The van der Waals surface area contributed by atoms with E-state index < -0.39 is 16.1 Å². The van der Waals surface area contributed by atoms with Crippen LogP contribution in [0.15, 0.2) is 60.7 Å². The van der Waals surface area contributed by atoms with Gasteiger partial charge < -0.3 is 10.6 Å². The maximum absolute atomic E-state index is 4.06. The highest BCUT2D eigenvalue weighted by molar-refractivity contribution is 6.96. The van der Waals surface area contributed by atoms with E-state index in [9.17, 15) is 0 Å². The van der Waals surface area contributed by atoms with Crippen LogP contribution in [0.25, 0.3) is 0 Å². The maximum atomic E-state index is 4.06. The van der Waals surface area contributed by atoms with Crippen LogP contribution in [0.5, 0.6) is 0 Å². The monoisotopic (exact) mass is 634 g/mol. The lowest BCUT2D eigenvalue weighted by Gasteiger charge is -2.28. The third-order valence-electron chi connectivity index (χ3n) is 12.1. The summed E-state index contributed by atoms with van der Waals surface area (Å²) in [5.74, 6) is 12.3. The average molecular weight is 635 g/mol. The van der Waals surface area contributed by atoms with E-state index in [0.29, 0.717) is 23.9 Å². The lowest BCUT2D eigenvalue weighted by molar-refractivity contribution is 0.251. The van der Waals surface area contributed by atoms with Gasteiger partial charge in [-0.05, 0) is 79.2 Å². The van der Waals surface area contributed by atoms with E-state index in [-0.39, 0.29) is 0 Å². The standard InChI is InChI=1S/C41H58N2Si2/c1-44(2,34-18-7-5-8-19-34)28-24-38-36-22-13-11-16-32(36)30-40(38)42-26-15-27-43-41-31-33-17-12-14-23-37(33)39(41)25-29-45(3,4)35-20-9-6-10-21-35/h5-10,18-21,32-33,36-43H,11-17,22-23,26-27,30-31H2,1-4H3/t32-,33-,36+,37+,38-,39-,40+,41+/m0/s1. The summed E-state index contributed by atoms with van der Waals surface area (Å²) in [5, 5.41) is 11.1. The second-order valence-electron chi connectivity index (χ2n) is 15.9. The molecule has 45 heavy (non-hydrogen) atoms. The zero-order valence-corrected chi connectivity index (χ0v) is 30.6. The molecule has 4 aliphatic carbocycles. The summed E-state index contributed by atoms with van der Waals surface area (Å²) in [5.41, 5.74) is 7.81. The second-order valence-corrected chi connectivity index (χ2v) is 24.1. The molecule has 2 aromatic rings. The van der Waals surface area contributed by atoms with E-state index in [1.54, 1.807) is 0 Å². The molecule has 2 nitrogen and oxygen atoms in total. The molecule has 4 heteroatoms. The highest BCUT2D eigenvalue weighted by atomic mass is 28.3. The van der Waals surface area contributed by atoms with Gasteiger partial charge in [-0.2, -0.15) is 0 Å². The van der Waals surface area contributed by atoms with Gasteiger partial charge in [0.2, 0.25) is 0 Å². The summed E-state index contributed by atoms with van der Waals surface area (Å²) >= 11 is 0. The molecule has 0 spiro atoms. The minimum Gasteiger partial charge on any atom is -0.313 e. The Hall–Kier alpha value is -2.09. The molecule has 0 radical (unpaired) electrons. The first-order chi connectivity index (χ1) is 21.8. The normalized spacial score (nSPS) is 31.2. The number of benzene rings is 2. The molecule has 4 saturated carbocycles. The lowest BCUT2D eigenvalue weighted by Crippen LogP contribution is -2.41. The Kier molecular flexibility index (Phi) is 10.8. The Bertz CT molecular complexity index is 1260. The van der Waals surface area contributed by atoms with Crippen molar-refractivity contribution in [3.05, 3.63) is 60.7 Å². The highest BCUT2D eigenvalue weighted by Crippen LogP contribution is 2.47. The molecule has 240 valence electrons. The summed E-state index contributed by atoms with van der Waals surface area (Å²) in [4.78, 5) is 0. The fourth-order valence-corrected chi connectivity index (χ4v) is 12.8. The van der Waals surface area contributed by atoms with E-state index in [1.165, 1.54) is 81.0 Å². The molecular weight excluding hydrogens is 577 g/mol. The van der Waals surface area contributed by atoms with Crippen molar-refractivity contribution < 1.29 is 0 Å². The number of nitrogens with one attached hydrogen (secondary N) is 2. The molecule has 2 aromatic carbocycles. The average Bonchev–Trinajstić information content (AvgIpc) is 3.60. The first-order valence-corrected chi connectivity index (χ1v) is 24.4. The van der Waals surface area contributed by atoms with Gasteiger partial charge in [-0.1, -0.05) is 125 Å². The molecule has 4 aliphatic rings. The Morgan fingerprint density at radius 2 is 0.978 bits per heavy atom. The molecule has 4 fully saturated rings. The van der Waals surface area contributed by atoms with Crippen LogP contribution in [-0.4, -0.2) is 41.3 Å². The quantitative estimate of drug-likeness (QED) is 0.181. The molecule has 0 bridgehead atoms. The smallest absolute Gasteiger partial charge is 0.162 e. The van der Waals surface area contributed by atoms with Crippen molar-refractivity contribution in [2.24, 2.45) is 35.5 Å². The molecule has 2 N–H and O–H groups in total. The Balaban J connectivity index is 1.06. The molecule has 8 atom stereocenters. The summed E-state index contributed by atoms with van der Waals surface area (Å²) in [6.07, 6.45) is 15.1. The molecule has 0 unspecified atom stereocenters. The van der Waals surface area contributed by atoms with Crippen LogP contribution in [0.2, 0.25) is 26.2 Å². The third-order valence-corrected chi connectivity index (χ3v) is 17.2. The number of hydrogen-bond acceptors (Lipinski definition) is 2. The van der Waals surface area contributed by atoms with Gasteiger partial charge in [0.05, 0.1) is 0 Å². The predicted molar refractivity (Wildman–Crippen MR) is 198 cm³/mol. The van der Waals surface area contributed by atoms with Gasteiger partial charge in [-0.15, -0.1) is 22.9 Å². The fraction of sp³-hybridized carbons (Fsp3) is 0.610. The van der Waals surface area contributed by atoms with E-state index in [2.05, 4.69) is 120 Å². The van der Waals surface area contributed by atoms with Gasteiger partial charge in [-0.3, -0.25) is 0 Å². The number of fused-ring (bicyclic) bond motifs is 2. The zero-order chi connectivity index (χ0) is 31.3.